The van der Waals surface area contributed by atoms with Gasteiger partial charge in [0, 0.05) is 18.0 Å². The largest absolute Gasteiger partial charge is 0.478 e. The lowest BCUT2D eigenvalue weighted by Crippen LogP contribution is -2.03. The van der Waals surface area contributed by atoms with Gasteiger partial charge in [-0.15, -0.1) is 24.8 Å². The molecule has 0 atom stereocenters. The molecule has 0 spiro atoms. The third-order valence-corrected chi connectivity index (χ3v) is 1.23. The van der Waals surface area contributed by atoms with Crippen molar-refractivity contribution in [3.05, 3.63) is 30.1 Å². The van der Waals surface area contributed by atoms with E-state index in [1.54, 1.807) is 24.5 Å². The SMILES string of the molecule is CCOC(=N)c1ccncc1.Cl.Cl. The number of hydrogen-bond acceptors (Lipinski definition) is 3. The second kappa shape index (κ2) is 7.83. The molecule has 0 saturated carbocycles. The van der Waals surface area contributed by atoms with Gasteiger partial charge in [0.05, 0.1) is 6.61 Å². The summed E-state index contributed by atoms with van der Waals surface area (Å²) in [7, 11) is 0. The van der Waals surface area contributed by atoms with Gasteiger partial charge in [0.15, 0.2) is 0 Å². The molecule has 0 aliphatic rings. The van der Waals surface area contributed by atoms with Gasteiger partial charge in [0.25, 0.3) is 0 Å². The maximum Gasteiger partial charge on any atom is 0.213 e. The Morgan fingerprint density at radius 2 is 1.92 bits per heavy atom. The molecule has 0 saturated heterocycles. The Labute approximate surface area is 89.9 Å². The van der Waals surface area contributed by atoms with Crippen molar-refractivity contribution in [1.82, 2.24) is 4.98 Å². The van der Waals surface area contributed by atoms with Gasteiger partial charge in [0.2, 0.25) is 5.90 Å². The fourth-order valence-corrected chi connectivity index (χ4v) is 0.731. The Kier molecular flexibility index (Phi) is 8.86. The third kappa shape index (κ3) is 4.70. The molecule has 13 heavy (non-hydrogen) atoms. The first-order valence-corrected chi connectivity index (χ1v) is 3.46. The molecule has 1 heterocycles. The van der Waals surface area contributed by atoms with E-state index in [0.29, 0.717) is 6.61 Å². The number of rotatable bonds is 2. The molecule has 3 nitrogen and oxygen atoms in total. The van der Waals surface area contributed by atoms with Crippen LogP contribution in [0.5, 0.6) is 0 Å². The summed E-state index contributed by atoms with van der Waals surface area (Å²) in [6.07, 6.45) is 3.28. The van der Waals surface area contributed by atoms with Crippen molar-refractivity contribution in [3.8, 4) is 0 Å². The lowest BCUT2D eigenvalue weighted by molar-refractivity contribution is 0.325. The molecule has 0 aliphatic carbocycles. The van der Waals surface area contributed by atoms with Crippen LogP contribution in [0.4, 0.5) is 0 Å². The maximum atomic E-state index is 7.38. The molecule has 0 aliphatic heterocycles. The molecular weight excluding hydrogens is 211 g/mol. The van der Waals surface area contributed by atoms with E-state index in [2.05, 4.69) is 4.98 Å². The number of nitrogens with zero attached hydrogens (tertiary/aromatic N) is 1. The highest BCUT2D eigenvalue weighted by Crippen LogP contribution is 1.97. The van der Waals surface area contributed by atoms with E-state index < -0.39 is 0 Å². The fourth-order valence-electron chi connectivity index (χ4n) is 0.731. The Bertz CT molecular complexity index is 241. The van der Waals surface area contributed by atoms with Crippen LogP contribution >= 0.6 is 24.8 Å². The number of aromatic nitrogens is 1. The minimum Gasteiger partial charge on any atom is -0.478 e. The Hall–Kier alpha value is -0.800. The first-order chi connectivity index (χ1) is 5.34. The first kappa shape index (κ1) is 14.7. The lowest BCUT2D eigenvalue weighted by atomic mass is 10.3. The highest BCUT2D eigenvalue weighted by molar-refractivity contribution is 5.91. The van der Waals surface area contributed by atoms with Gasteiger partial charge in [-0.1, -0.05) is 0 Å². The molecule has 0 fully saturated rings. The van der Waals surface area contributed by atoms with E-state index in [-0.39, 0.29) is 30.7 Å². The number of pyridine rings is 1. The van der Waals surface area contributed by atoms with Crippen LogP contribution in [0.1, 0.15) is 12.5 Å². The van der Waals surface area contributed by atoms with E-state index in [4.69, 9.17) is 10.1 Å². The molecule has 1 aromatic heterocycles. The molecule has 0 bridgehead atoms. The minimum atomic E-state index is 0. The summed E-state index contributed by atoms with van der Waals surface area (Å²) in [6.45, 7) is 2.39. The van der Waals surface area contributed by atoms with Crippen LogP contribution in [0.3, 0.4) is 0 Å². The van der Waals surface area contributed by atoms with Crippen molar-refractivity contribution in [2.45, 2.75) is 6.92 Å². The van der Waals surface area contributed by atoms with Crippen molar-refractivity contribution >= 4 is 30.7 Å². The van der Waals surface area contributed by atoms with Crippen LogP contribution in [-0.2, 0) is 4.74 Å². The fraction of sp³-hybridized carbons (Fsp3) is 0.250. The summed E-state index contributed by atoms with van der Waals surface area (Å²) in [5.74, 6) is 0.204. The lowest BCUT2D eigenvalue weighted by Gasteiger charge is -2.02. The summed E-state index contributed by atoms with van der Waals surface area (Å²) in [5, 5.41) is 7.38. The normalized spacial score (nSPS) is 7.77. The molecule has 0 unspecified atom stereocenters. The quantitative estimate of drug-likeness (QED) is 0.617. The number of hydrogen-bond donors (Lipinski definition) is 1. The zero-order valence-electron chi connectivity index (χ0n) is 7.19. The standard InChI is InChI=1S/C8H10N2O.2ClH/c1-2-11-8(9)7-3-5-10-6-4-7;;/h3-6,9H,2H2,1H3;2*1H. The van der Waals surface area contributed by atoms with Crippen molar-refractivity contribution in [2.75, 3.05) is 6.61 Å². The summed E-state index contributed by atoms with van der Waals surface area (Å²) in [6, 6.07) is 3.50. The van der Waals surface area contributed by atoms with Gasteiger partial charge in [-0.3, -0.25) is 10.4 Å². The summed E-state index contributed by atoms with van der Waals surface area (Å²) in [4.78, 5) is 3.84. The van der Waals surface area contributed by atoms with Crippen LogP contribution in [0.25, 0.3) is 0 Å². The number of halogens is 2. The average Bonchev–Trinajstić information content (AvgIpc) is 2.07. The highest BCUT2D eigenvalue weighted by Gasteiger charge is 1.98. The molecule has 0 amide bonds. The van der Waals surface area contributed by atoms with E-state index in [0.717, 1.165) is 5.56 Å². The average molecular weight is 223 g/mol. The van der Waals surface area contributed by atoms with Crippen LogP contribution < -0.4 is 0 Å². The topological polar surface area (TPSA) is 46.0 Å². The number of nitrogens with one attached hydrogen (secondary N) is 1. The maximum absolute atomic E-state index is 7.38. The third-order valence-electron chi connectivity index (χ3n) is 1.23. The van der Waals surface area contributed by atoms with Crippen molar-refractivity contribution < 1.29 is 4.74 Å². The first-order valence-electron chi connectivity index (χ1n) is 3.46. The van der Waals surface area contributed by atoms with Crippen LogP contribution in [-0.4, -0.2) is 17.5 Å². The summed E-state index contributed by atoms with van der Waals surface area (Å²) < 4.78 is 4.98. The van der Waals surface area contributed by atoms with Gasteiger partial charge in [-0.25, -0.2) is 0 Å². The molecule has 0 radical (unpaired) electrons. The summed E-state index contributed by atoms with van der Waals surface area (Å²) >= 11 is 0. The van der Waals surface area contributed by atoms with Crippen molar-refractivity contribution in [3.63, 3.8) is 0 Å². The highest BCUT2D eigenvalue weighted by atomic mass is 35.5. The van der Waals surface area contributed by atoms with Crippen molar-refractivity contribution in [2.24, 2.45) is 0 Å². The van der Waals surface area contributed by atoms with Crippen LogP contribution in [0, 0.1) is 5.41 Å². The smallest absolute Gasteiger partial charge is 0.213 e. The molecule has 0 aromatic carbocycles. The zero-order chi connectivity index (χ0) is 8.10. The predicted molar refractivity (Wildman–Crippen MR) is 57.2 cm³/mol. The Morgan fingerprint density at radius 1 is 1.38 bits per heavy atom. The monoisotopic (exact) mass is 222 g/mol. The van der Waals surface area contributed by atoms with Gasteiger partial charge in [-0.2, -0.15) is 0 Å². The Balaban J connectivity index is 0. The van der Waals surface area contributed by atoms with E-state index in [1.165, 1.54) is 0 Å². The number of ether oxygens (including phenoxy) is 1. The Morgan fingerprint density at radius 3 is 2.38 bits per heavy atom. The van der Waals surface area contributed by atoms with Crippen molar-refractivity contribution in [1.29, 1.82) is 5.41 Å². The summed E-state index contributed by atoms with van der Waals surface area (Å²) in [5.41, 5.74) is 0.766. The van der Waals surface area contributed by atoms with Crippen LogP contribution in [0.15, 0.2) is 24.5 Å². The molecule has 1 N–H and O–H groups in total. The van der Waals surface area contributed by atoms with E-state index in [9.17, 15) is 0 Å². The molecule has 1 aromatic rings. The second-order valence-corrected chi connectivity index (χ2v) is 2.00. The van der Waals surface area contributed by atoms with Crippen LogP contribution in [0.2, 0.25) is 0 Å². The van der Waals surface area contributed by atoms with E-state index >= 15 is 0 Å². The molecule has 1 rings (SSSR count). The van der Waals surface area contributed by atoms with E-state index in [1.807, 2.05) is 6.92 Å². The minimum absolute atomic E-state index is 0. The molecular formula is C8H12Cl2N2O. The second-order valence-electron chi connectivity index (χ2n) is 2.00. The van der Waals surface area contributed by atoms with Gasteiger partial charge in [-0.05, 0) is 19.1 Å². The predicted octanol–water partition coefficient (Wildman–Crippen LogP) is 2.29. The zero-order valence-corrected chi connectivity index (χ0v) is 8.82. The van der Waals surface area contributed by atoms with Gasteiger partial charge in [0.1, 0.15) is 0 Å². The molecule has 5 heteroatoms. The van der Waals surface area contributed by atoms with Gasteiger partial charge < -0.3 is 4.74 Å². The van der Waals surface area contributed by atoms with Gasteiger partial charge >= 0.3 is 0 Å². The molecule has 74 valence electrons.